The Kier molecular flexibility index (Phi) is 3.46. The highest BCUT2D eigenvalue weighted by Crippen LogP contribution is 1.94. The van der Waals surface area contributed by atoms with Gasteiger partial charge in [0, 0.05) is 32.7 Å². The third kappa shape index (κ3) is 2.17. The van der Waals surface area contributed by atoms with Gasteiger partial charge in [-0.05, 0) is 0 Å². The number of rotatable bonds is 2. The zero-order valence-corrected chi connectivity index (χ0v) is 7.12. The Morgan fingerprint density at radius 1 is 1.50 bits per heavy atom. The van der Waals surface area contributed by atoms with Crippen LogP contribution in [0.15, 0.2) is 0 Å². The SMILES string of the molecule is NCC(N)C(=O)N1CCNCC1. The van der Waals surface area contributed by atoms with Crippen molar-refractivity contribution in [2.75, 3.05) is 32.7 Å². The fourth-order valence-corrected chi connectivity index (χ4v) is 1.22. The Labute approximate surface area is 72.1 Å². The number of carbonyl (C=O) groups excluding carboxylic acids is 1. The molecule has 1 amide bonds. The molecule has 1 saturated heterocycles. The summed E-state index contributed by atoms with van der Waals surface area (Å²) >= 11 is 0. The van der Waals surface area contributed by atoms with Gasteiger partial charge >= 0.3 is 0 Å². The first-order valence-corrected chi connectivity index (χ1v) is 4.21. The van der Waals surface area contributed by atoms with E-state index < -0.39 is 6.04 Å². The third-order valence-corrected chi connectivity index (χ3v) is 2.00. The maximum absolute atomic E-state index is 11.4. The van der Waals surface area contributed by atoms with E-state index in [1.807, 2.05) is 0 Å². The van der Waals surface area contributed by atoms with Gasteiger partial charge in [0.25, 0.3) is 0 Å². The topological polar surface area (TPSA) is 84.4 Å². The van der Waals surface area contributed by atoms with Crippen molar-refractivity contribution >= 4 is 5.91 Å². The van der Waals surface area contributed by atoms with Crippen LogP contribution in [0.1, 0.15) is 0 Å². The van der Waals surface area contributed by atoms with Gasteiger partial charge in [-0.1, -0.05) is 0 Å². The first-order chi connectivity index (χ1) is 5.75. The summed E-state index contributed by atoms with van der Waals surface area (Å²) in [4.78, 5) is 13.2. The molecule has 70 valence electrons. The highest BCUT2D eigenvalue weighted by atomic mass is 16.2. The van der Waals surface area contributed by atoms with E-state index >= 15 is 0 Å². The molecular weight excluding hydrogens is 156 g/mol. The molecule has 5 nitrogen and oxygen atoms in total. The van der Waals surface area contributed by atoms with Crippen molar-refractivity contribution in [1.29, 1.82) is 0 Å². The average molecular weight is 172 g/mol. The molecule has 1 aliphatic rings. The third-order valence-electron chi connectivity index (χ3n) is 2.00. The second-order valence-corrected chi connectivity index (χ2v) is 2.92. The molecule has 1 unspecified atom stereocenters. The molecule has 1 fully saturated rings. The number of hydrogen-bond donors (Lipinski definition) is 3. The second-order valence-electron chi connectivity index (χ2n) is 2.92. The quantitative estimate of drug-likeness (QED) is 0.437. The molecule has 1 rings (SSSR count). The van der Waals surface area contributed by atoms with Crippen LogP contribution in [0.4, 0.5) is 0 Å². The molecule has 1 atom stereocenters. The van der Waals surface area contributed by atoms with Crippen LogP contribution in [0.5, 0.6) is 0 Å². The highest BCUT2D eigenvalue weighted by molar-refractivity contribution is 5.82. The summed E-state index contributed by atoms with van der Waals surface area (Å²) in [5.41, 5.74) is 10.8. The van der Waals surface area contributed by atoms with Crippen LogP contribution in [0.3, 0.4) is 0 Å². The first kappa shape index (κ1) is 9.44. The molecule has 0 aromatic rings. The van der Waals surface area contributed by atoms with E-state index in [2.05, 4.69) is 5.32 Å². The molecule has 0 aromatic carbocycles. The van der Waals surface area contributed by atoms with E-state index in [-0.39, 0.29) is 12.5 Å². The van der Waals surface area contributed by atoms with Crippen molar-refractivity contribution in [2.45, 2.75) is 6.04 Å². The molecular formula is C7H16N4O. The zero-order valence-electron chi connectivity index (χ0n) is 7.12. The summed E-state index contributed by atoms with van der Waals surface area (Å²) in [7, 11) is 0. The van der Waals surface area contributed by atoms with E-state index in [1.165, 1.54) is 0 Å². The lowest BCUT2D eigenvalue weighted by molar-refractivity contribution is -0.132. The summed E-state index contributed by atoms with van der Waals surface area (Å²) < 4.78 is 0. The molecule has 12 heavy (non-hydrogen) atoms. The van der Waals surface area contributed by atoms with Gasteiger partial charge in [-0.25, -0.2) is 0 Å². The lowest BCUT2D eigenvalue weighted by Crippen LogP contribution is -2.53. The summed E-state index contributed by atoms with van der Waals surface area (Å²) in [6, 6.07) is -0.525. The predicted molar refractivity (Wildman–Crippen MR) is 46.5 cm³/mol. The number of hydrogen-bond acceptors (Lipinski definition) is 4. The van der Waals surface area contributed by atoms with E-state index in [4.69, 9.17) is 11.5 Å². The van der Waals surface area contributed by atoms with Gasteiger partial charge in [0.05, 0.1) is 6.04 Å². The lowest BCUT2D eigenvalue weighted by atomic mass is 10.2. The van der Waals surface area contributed by atoms with Crippen LogP contribution in [0.2, 0.25) is 0 Å². The van der Waals surface area contributed by atoms with Crippen molar-refractivity contribution < 1.29 is 4.79 Å². The van der Waals surface area contributed by atoms with Gasteiger partial charge in [0.15, 0.2) is 0 Å². The standard InChI is InChI=1S/C7H16N4O/c8-5-6(9)7(12)11-3-1-10-2-4-11/h6,10H,1-5,8-9H2. The molecule has 0 spiro atoms. The minimum atomic E-state index is -0.525. The summed E-state index contributed by atoms with van der Waals surface area (Å²) in [5.74, 6) is -0.0287. The van der Waals surface area contributed by atoms with Crippen LogP contribution >= 0.6 is 0 Å². The number of nitrogens with two attached hydrogens (primary N) is 2. The minimum absolute atomic E-state index is 0.0287. The Morgan fingerprint density at radius 2 is 2.08 bits per heavy atom. The zero-order chi connectivity index (χ0) is 8.97. The maximum atomic E-state index is 11.4. The molecule has 0 radical (unpaired) electrons. The summed E-state index contributed by atoms with van der Waals surface area (Å²) in [5, 5.41) is 3.16. The van der Waals surface area contributed by atoms with E-state index in [0.717, 1.165) is 26.2 Å². The number of nitrogens with zero attached hydrogens (tertiary/aromatic N) is 1. The van der Waals surface area contributed by atoms with Crippen LogP contribution in [0, 0.1) is 0 Å². The first-order valence-electron chi connectivity index (χ1n) is 4.21. The van der Waals surface area contributed by atoms with Gasteiger partial charge in [0.1, 0.15) is 0 Å². The lowest BCUT2D eigenvalue weighted by Gasteiger charge is -2.29. The van der Waals surface area contributed by atoms with Crippen molar-refractivity contribution in [3.05, 3.63) is 0 Å². The molecule has 5 N–H and O–H groups in total. The smallest absolute Gasteiger partial charge is 0.240 e. The van der Waals surface area contributed by atoms with Crippen LogP contribution < -0.4 is 16.8 Å². The summed E-state index contributed by atoms with van der Waals surface area (Å²) in [6.45, 7) is 3.41. The van der Waals surface area contributed by atoms with Crippen LogP contribution in [-0.4, -0.2) is 49.6 Å². The Bertz CT molecular complexity index is 155. The molecule has 0 saturated carbocycles. The van der Waals surface area contributed by atoms with Crippen molar-refractivity contribution in [3.63, 3.8) is 0 Å². The Morgan fingerprint density at radius 3 is 2.58 bits per heavy atom. The molecule has 5 heteroatoms. The number of amides is 1. The molecule has 0 bridgehead atoms. The van der Waals surface area contributed by atoms with Crippen molar-refractivity contribution in [3.8, 4) is 0 Å². The van der Waals surface area contributed by atoms with Gasteiger partial charge in [-0.3, -0.25) is 4.79 Å². The average Bonchev–Trinajstić information content (AvgIpc) is 2.17. The Hall–Kier alpha value is -0.650. The van der Waals surface area contributed by atoms with Crippen molar-refractivity contribution in [2.24, 2.45) is 11.5 Å². The monoisotopic (exact) mass is 172 g/mol. The van der Waals surface area contributed by atoms with Gasteiger partial charge < -0.3 is 21.7 Å². The number of piperazine rings is 1. The summed E-state index contributed by atoms with van der Waals surface area (Å²) in [6.07, 6.45) is 0. The van der Waals surface area contributed by atoms with Crippen LogP contribution in [0.25, 0.3) is 0 Å². The largest absolute Gasteiger partial charge is 0.339 e. The molecule has 0 aliphatic carbocycles. The van der Waals surface area contributed by atoms with E-state index in [1.54, 1.807) is 4.90 Å². The van der Waals surface area contributed by atoms with Crippen LogP contribution in [-0.2, 0) is 4.79 Å². The number of nitrogens with one attached hydrogen (secondary N) is 1. The maximum Gasteiger partial charge on any atom is 0.240 e. The normalized spacial score (nSPS) is 20.7. The van der Waals surface area contributed by atoms with Gasteiger partial charge in [-0.2, -0.15) is 0 Å². The van der Waals surface area contributed by atoms with Gasteiger partial charge in [-0.15, -0.1) is 0 Å². The van der Waals surface area contributed by atoms with E-state index in [9.17, 15) is 4.79 Å². The minimum Gasteiger partial charge on any atom is -0.339 e. The number of carbonyl (C=O) groups is 1. The highest BCUT2D eigenvalue weighted by Gasteiger charge is 2.20. The molecule has 1 heterocycles. The van der Waals surface area contributed by atoms with E-state index in [0.29, 0.717) is 0 Å². The molecule has 0 aromatic heterocycles. The second kappa shape index (κ2) is 4.39. The predicted octanol–water partition coefficient (Wildman–Crippen LogP) is -2.30. The Balaban J connectivity index is 2.39. The fourth-order valence-electron chi connectivity index (χ4n) is 1.22. The van der Waals surface area contributed by atoms with Gasteiger partial charge in [0.2, 0.25) is 5.91 Å². The van der Waals surface area contributed by atoms with Crippen molar-refractivity contribution in [1.82, 2.24) is 10.2 Å². The molecule has 1 aliphatic heterocycles. The fraction of sp³-hybridized carbons (Fsp3) is 0.857.